The van der Waals surface area contributed by atoms with Crippen LogP contribution in [0, 0.1) is 0 Å². The molecule has 0 aliphatic carbocycles. The Morgan fingerprint density at radius 2 is 2.11 bits per heavy atom. The molecule has 106 valence electrons. The molecule has 0 spiro atoms. The molecule has 0 atom stereocenters. The van der Waals surface area contributed by atoms with Gasteiger partial charge < -0.3 is 15.0 Å². The van der Waals surface area contributed by atoms with Crippen molar-refractivity contribution in [1.82, 2.24) is 5.32 Å². The summed E-state index contributed by atoms with van der Waals surface area (Å²) >= 11 is 6.42. The van der Waals surface area contributed by atoms with Gasteiger partial charge in [0.2, 0.25) is 0 Å². The van der Waals surface area contributed by atoms with Crippen molar-refractivity contribution in [1.29, 1.82) is 0 Å². The van der Waals surface area contributed by atoms with E-state index in [0.29, 0.717) is 6.04 Å². The average Bonchev–Trinajstić information content (AvgIpc) is 2.45. The maximum Gasteiger partial charge on any atom is 0.0642 e. The van der Waals surface area contributed by atoms with Gasteiger partial charge in [0.1, 0.15) is 0 Å². The maximum absolute atomic E-state index is 6.42. The Morgan fingerprint density at radius 1 is 1.37 bits per heavy atom. The summed E-state index contributed by atoms with van der Waals surface area (Å²) in [7, 11) is 2.15. The second kappa shape index (κ2) is 7.13. The summed E-state index contributed by atoms with van der Waals surface area (Å²) in [5, 5.41) is 4.22. The van der Waals surface area contributed by atoms with Crippen molar-refractivity contribution in [3.63, 3.8) is 0 Å². The van der Waals surface area contributed by atoms with Gasteiger partial charge in [-0.15, -0.1) is 0 Å². The number of hydrogen-bond donors (Lipinski definition) is 1. The molecule has 1 aromatic rings. The lowest BCUT2D eigenvalue weighted by atomic mass is 10.0. The van der Waals surface area contributed by atoms with Gasteiger partial charge in [-0.1, -0.05) is 30.7 Å². The number of nitrogens with zero attached hydrogens (tertiary/aromatic N) is 1. The van der Waals surface area contributed by atoms with Gasteiger partial charge in [0.05, 0.1) is 10.7 Å². The van der Waals surface area contributed by atoms with E-state index in [9.17, 15) is 0 Å². The molecule has 1 aromatic carbocycles. The van der Waals surface area contributed by atoms with Crippen molar-refractivity contribution in [3.8, 4) is 0 Å². The predicted molar refractivity (Wildman–Crippen MR) is 81.1 cm³/mol. The lowest BCUT2D eigenvalue weighted by molar-refractivity contribution is 0.0854. The van der Waals surface area contributed by atoms with E-state index in [1.807, 2.05) is 12.1 Å². The lowest BCUT2D eigenvalue weighted by Crippen LogP contribution is -2.37. The third-order valence-corrected chi connectivity index (χ3v) is 4.03. The first kappa shape index (κ1) is 14.6. The largest absolute Gasteiger partial charge is 0.381 e. The fourth-order valence-corrected chi connectivity index (χ4v) is 2.94. The molecule has 4 heteroatoms. The zero-order chi connectivity index (χ0) is 13.7. The molecule has 1 aliphatic rings. The van der Waals surface area contributed by atoms with E-state index in [1.54, 1.807) is 0 Å². The normalized spacial score (nSPS) is 16.6. The SMILES string of the molecule is CCNCc1cccc(Cl)c1N(C)C1CCOCC1. The molecular formula is C15H23ClN2O. The second-order valence-electron chi connectivity index (χ2n) is 4.98. The van der Waals surface area contributed by atoms with Crippen LogP contribution in [-0.2, 0) is 11.3 Å². The number of ether oxygens (including phenoxy) is 1. The van der Waals surface area contributed by atoms with Crippen LogP contribution in [0.5, 0.6) is 0 Å². The van der Waals surface area contributed by atoms with Crippen molar-refractivity contribution in [2.45, 2.75) is 32.4 Å². The Bertz CT molecular complexity index is 405. The monoisotopic (exact) mass is 282 g/mol. The highest BCUT2D eigenvalue weighted by Crippen LogP contribution is 2.32. The zero-order valence-electron chi connectivity index (χ0n) is 11.8. The van der Waals surface area contributed by atoms with Crippen molar-refractivity contribution in [2.75, 3.05) is 31.7 Å². The molecule has 1 heterocycles. The van der Waals surface area contributed by atoms with Crippen LogP contribution >= 0.6 is 11.6 Å². The van der Waals surface area contributed by atoms with Crippen molar-refractivity contribution >= 4 is 17.3 Å². The molecule has 3 nitrogen and oxygen atoms in total. The van der Waals surface area contributed by atoms with Crippen LogP contribution in [0.3, 0.4) is 0 Å². The number of anilines is 1. The van der Waals surface area contributed by atoms with E-state index in [0.717, 1.165) is 49.9 Å². The van der Waals surface area contributed by atoms with E-state index < -0.39 is 0 Å². The minimum Gasteiger partial charge on any atom is -0.381 e. The first-order chi connectivity index (χ1) is 9.24. The van der Waals surface area contributed by atoms with Crippen LogP contribution in [-0.4, -0.2) is 32.8 Å². The fraction of sp³-hybridized carbons (Fsp3) is 0.600. The summed E-state index contributed by atoms with van der Waals surface area (Å²) in [4.78, 5) is 2.33. The van der Waals surface area contributed by atoms with E-state index in [4.69, 9.17) is 16.3 Å². The number of para-hydroxylation sites is 1. The third-order valence-electron chi connectivity index (χ3n) is 3.73. The fourth-order valence-electron chi connectivity index (χ4n) is 2.61. The number of rotatable bonds is 5. The molecule has 0 amide bonds. The maximum atomic E-state index is 6.42. The summed E-state index contributed by atoms with van der Waals surface area (Å²) < 4.78 is 5.44. The van der Waals surface area contributed by atoms with Gasteiger partial charge in [0, 0.05) is 32.8 Å². The van der Waals surface area contributed by atoms with Gasteiger partial charge >= 0.3 is 0 Å². The summed E-state index contributed by atoms with van der Waals surface area (Å²) in [6.45, 7) is 5.64. The molecule has 0 saturated carbocycles. The molecule has 0 radical (unpaired) electrons. The molecule has 19 heavy (non-hydrogen) atoms. The van der Waals surface area contributed by atoms with E-state index >= 15 is 0 Å². The van der Waals surface area contributed by atoms with Gasteiger partial charge in [-0.2, -0.15) is 0 Å². The molecule has 1 saturated heterocycles. The number of hydrogen-bond acceptors (Lipinski definition) is 3. The smallest absolute Gasteiger partial charge is 0.0642 e. The predicted octanol–water partition coefficient (Wildman–Crippen LogP) is 3.06. The minimum absolute atomic E-state index is 0.522. The number of halogens is 1. The van der Waals surface area contributed by atoms with Crippen LogP contribution in [0.15, 0.2) is 18.2 Å². The van der Waals surface area contributed by atoms with Crippen LogP contribution in [0.4, 0.5) is 5.69 Å². The second-order valence-corrected chi connectivity index (χ2v) is 5.39. The number of nitrogens with one attached hydrogen (secondary N) is 1. The molecule has 2 rings (SSSR count). The highest BCUT2D eigenvalue weighted by molar-refractivity contribution is 6.33. The van der Waals surface area contributed by atoms with E-state index in [-0.39, 0.29) is 0 Å². The van der Waals surface area contributed by atoms with Crippen molar-refractivity contribution < 1.29 is 4.74 Å². The Labute approximate surface area is 120 Å². The van der Waals surface area contributed by atoms with Crippen LogP contribution in [0.2, 0.25) is 5.02 Å². The zero-order valence-corrected chi connectivity index (χ0v) is 12.5. The first-order valence-corrected chi connectivity index (χ1v) is 7.40. The van der Waals surface area contributed by atoms with Gasteiger partial charge in [0.25, 0.3) is 0 Å². The van der Waals surface area contributed by atoms with Gasteiger partial charge in [-0.25, -0.2) is 0 Å². The van der Waals surface area contributed by atoms with Gasteiger partial charge in [0.15, 0.2) is 0 Å². The van der Waals surface area contributed by atoms with Gasteiger partial charge in [-0.05, 0) is 31.0 Å². The Morgan fingerprint density at radius 3 is 2.79 bits per heavy atom. The third kappa shape index (κ3) is 3.62. The quantitative estimate of drug-likeness (QED) is 0.898. The van der Waals surface area contributed by atoms with Crippen LogP contribution in [0.25, 0.3) is 0 Å². The summed E-state index contributed by atoms with van der Waals surface area (Å²) in [5.41, 5.74) is 2.43. The summed E-state index contributed by atoms with van der Waals surface area (Å²) in [6, 6.07) is 6.67. The molecule has 0 aromatic heterocycles. The molecule has 1 aliphatic heterocycles. The van der Waals surface area contributed by atoms with E-state index in [2.05, 4.69) is 30.3 Å². The Hall–Kier alpha value is -0.770. The standard InChI is InChI=1S/C15H23ClN2O/c1-3-17-11-12-5-4-6-14(16)15(12)18(2)13-7-9-19-10-8-13/h4-6,13,17H,3,7-11H2,1-2H3. The summed E-state index contributed by atoms with van der Waals surface area (Å²) in [6.07, 6.45) is 2.14. The Balaban J connectivity index is 2.20. The lowest BCUT2D eigenvalue weighted by Gasteiger charge is -2.34. The van der Waals surface area contributed by atoms with Crippen molar-refractivity contribution in [3.05, 3.63) is 28.8 Å². The van der Waals surface area contributed by atoms with E-state index in [1.165, 1.54) is 5.56 Å². The molecule has 1 fully saturated rings. The van der Waals surface area contributed by atoms with Crippen LogP contribution < -0.4 is 10.2 Å². The molecule has 1 N–H and O–H groups in total. The Kier molecular flexibility index (Phi) is 5.49. The topological polar surface area (TPSA) is 24.5 Å². The first-order valence-electron chi connectivity index (χ1n) is 7.02. The summed E-state index contributed by atoms with van der Waals surface area (Å²) in [5.74, 6) is 0. The average molecular weight is 283 g/mol. The van der Waals surface area contributed by atoms with Crippen molar-refractivity contribution in [2.24, 2.45) is 0 Å². The van der Waals surface area contributed by atoms with Crippen LogP contribution in [0.1, 0.15) is 25.3 Å². The number of benzene rings is 1. The minimum atomic E-state index is 0.522. The molecular weight excluding hydrogens is 260 g/mol. The highest BCUT2D eigenvalue weighted by Gasteiger charge is 2.22. The highest BCUT2D eigenvalue weighted by atomic mass is 35.5. The molecule has 0 unspecified atom stereocenters. The molecule has 0 bridgehead atoms. The van der Waals surface area contributed by atoms with Gasteiger partial charge in [-0.3, -0.25) is 0 Å².